The van der Waals surface area contributed by atoms with Crippen LogP contribution >= 0.6 is 0 Å². The molecule has 0 aromatic heterocycles. The topological polar surface area (TPSA) is 52.0 Å². The molecule has 0 atom stereocenters. The highest BCUT2D eigenvalue weighted by atomic mass is 14.4. The molecule has 0 aliphatic rings. The molecule has 1 aromatic rings. The molecule has 0 amide bonds. The summed E-state index contributed by atoms with van der Waals surface area (Å²) in [4.78, 5) is 0. The van der Waals surface area contributed by atoms with Crippen LogP contribution in [-0.2, 0) is 0 Å². The van der Waals surface area contributed by atoms with E-state index in [2.05, 4.69) is 30.5 Å². The predicted molar refractivity (Wildman–Crippen MR) is 51.4 cm³/mol. The van der Waals surface area contributed by atoms with Crippen molar-refractivity contribution in [2.45, 2.75) is 6.92 Å². The lowest BCUT2D eigenvalue weighted by Crippen LogP contribution is -1.69. The molecule has 0 saturated heterocycles. The second kappa shape index (κ2) is 11.9. The lowest BCUT2D eigenvalue weighted by Gasteiger charge is -1.82. The molecule has 1 rings (SSSR count). The van der Waals surface area contributed by atoms with Crippen molar-refractivity contribution in [1.29, 1.82) is 0 Å². The number of aryl methyl sites for hydroxylation is 1. The van der Waals surface area contributed by atoms with E-state index >= 15 is 0 Å². The number of benzene rings is 1. The van der Waals surface area contributed by atoms with Crippen LogP contribution in [0.1, 0.15) is 5.56 Å². The molecule has 4 N–H and O–H groups in total. The standard InChI is InChI=1S/C7H8.2CH5N/c1-7-5-3-2-4-6-7;2*1-2/h2-6H,1H3;2*2H2,1H3. The molecule has 2 heteroatoms. The van der Waals surface area contributed by atoms with Crippen LogP contribution in [0.3, 0.4) is 0 Å². The lowest BCUT2D eigenvalue weighted by molar-refractivity contribution is 1.48. The van der Waals surface area contributed by atoms with E-state index in [0.717, 1.165) is 0 Å². The molecule has 0 fully saturated rings. The molecule has 0 saturated carbocycles. The van der Waals surface area contributed by atoms with Crippen molar-refractivity contribution >= 4 is 0 Å². The second-order valence-corrected chi connectivity index (χ2v) is 1.65. The maximum atomic E-state index is 4.50. The van der Waals surface area contributed by atoms with E-state index in [1.54, 1.807) is 0 Å². The lowest BCUT2D eigenvalue weighted by atomic mass is 10.2. The van der Waals surface area contributed by atoms with E-state index in [9.17, 15) is 0 Å². The van der Waals surface area contributed by atoms with E-state index in [-0.39, 0.29) is 0 Å². The van der Waals surface area contributed by atoms with Gasteiger partial charge in [0.15, 0.2) is 0 Å². The maximum absolute atomic E-state index is 4.50. The van der Waals surface area contributed by atoms with Crippen LogP contribution < -0.4 is 11.5 Å². The van der Waals surface area contributed by atoms with Crippen LogP contribution in [0.4, 0.5) is 0 Å². The third-order valence-corrected chi connectivity index (χ3v) is 0.940. The highest BCUT2D eigenvalue weighted by molar-refractivity contribution is 5.11. The van der Waals surface area contributed by atoms with Crippen LogP contribution in [0.5, 0.6) is 0 Å². The molecule has 2 nitrogen and oxygen atoms in total. The van der Waals surface area contributed by atoms with Crippen LogP contribution in [0.25, 0.3) is 0 Å². The molecule has 0 heterocycles. The minimum absolute atomic E-state index is 1.32. The summed E-state index contributed by atoms with van der Waals surface area (Å²) in [5.74, 6) is 0. The summed E-state index contributed by atoms with van der Waals surface area (Å²) in [5, 5.41) is 0. The Morgan fingerprint density at radius 1 is 0.818 bits per heavy atom. The van der Waals surface area contributed by atoms with Gasteiger partial charge in [0.05, 0.1) is 0 Å². The summed E-state index contributed by atoms with van der Waals surface area (Å²) in [6, 6.07) is 10.3. The van der Waals surface area contributed by atoms with Crippen molar-refractivity contribution in [1.82, 2.24) is 0 Å². The van der Waals surface area contributed by atoms with E-state index < -0.39 is 0 Å². The minimum atomic E-state index is 1.32. The van der Waals surface area contributed by atoms with Gasteiger partial charge in [-0.05, 0) is 21.0 Å². The van der Waals surface area contributed by atoms with Gasteiger partial charge in [-0.15, -0.1) is 0 Å². The van der Waals surface area contributed by atoms with Gasteiger partial charge in [0.25, 0.3) is 0 Å². The number of hydrogen-bond acceptors (Lipinski definition) is 2. The van der Waals surface area contributed by atoms with E-state index in [4.69, 9.17) is 0 Å². The van der Waals surface area contributed by atoms with Gasteiger partial charge in [0.1, 0.15) is 0 Å². The zero-order valence-electron chi connectivity index (χ0n) is 7.54. The van der Waals surface area contributed by atoms with Gasteiger partial charge in [-0.2, -0.15) is 0 Å². The third kappa shape index (κ3) is 9.14. The fraction of sp³-hybridized carbons (Fsp3) is 0.333. The third-order valence-electron chi connectivity index (χ3n) is 0.940. The molecule has 1 aromatic carbocycles. The smallest absolute Gasteiger partial charge is 0.0195 e. The van der Waals surface area contributed by atoms with Gasteiger partial charge in [-0.25, -0.2) is 0 Å². The minimum Gasteiger partial charge on any atom is -0.333 e. The number of nitrogens with two attached hydrogens (primary N) is 2. The number of rotatable bonds is 0. The first-order valence-electron chi connectivity index (χ1n) is 3.57. The van der Waals surface area contributed by atoms with Crippen molar-refractivity contribution in [2.24, 2.45) is 11.5 Å². The average Bonchev–Trinajstić information content (AvgIpc) is 2.13. The molecule has 0 spiro atoms. The Morgan fingerprint density at radius 2 is 1.18 bits per heavy atom. The Balaban J connectivity index is 0. The molecular formula is C9H18N2. The fourth-order valence-corrected chi connectivity index (χ4v) is 0.534. The van der Waals surface area contributed by atoms with Crippen LogP contribution in [0, 0.1) is 6.92 Å². The Labute approximate surface area is 69.2 Å². The molecule has 11 heavy (non-hydrogen) atoms. The Bertz CT molecular complexity index is 137. The average molecular weight is 154 g/mol. The first kappa shape index (κ1) is 12.8. The predicted octanol–water partition coefficient (Wildman–Crippen LogP) is 1.14. The first-order valence-corrected chi connectivity index (χ1v) is 3.57. The zero-order chi connectivity index (χ0) is 9.11. The van der Waals surface area contributed by atoms with Crippen LogP contribution in [0.2, 0.25) is 0 Å². The van der Waals surface area contributed by atoms with Gasteiger partial charge < -0.3 is 11.5 Å². The van der Waals surface area contributed by atoms with Crippen molar-refractivity contribution in [3.63, 3.8) is 0 Å². The second-order valence-electron chi connectivity index (χ2n) is 1.65. The molecule has 0 aliphatic heterocycles. The summed E-state index contributed by atoms with van der Waals surface area (Å²) < 4.78 is 0. The summed E-state index contributed by atoms with van der Waals surface area (Å²) in [7, 11) is 3.00. The SMILES string of the molecule is CN.CN.Cc1ccccc1. The summed E-state index contributed by atoms with van der Waals surface area (Å²) in [6.45, 7) is 2.08. The maximum Gasteiger partial charge on any atom is -0.0195 e. The van der Waals surface area contributed by atoms with Gasteiger partial charge in [-0.3, -0.25) is 0 Å². The van der Waals surface area contributed by atoms with Gasteiger partial charge in [0.2, 0.25) is 0 Å². The van der Waals surface area contributed by atoms with Gasteiger partial charge >= 0.3 is 0 Å². The fourth-order valence-electron chi connectivity index (χ4n) is 0.534. The zero-order valence-corrected chi connectivity index (χ0v) is 7.54. The van der Waals surface area contributed by atoms with Crippen molar-refractivity contribution in [3.8, 4) is 0 Å². The van der Waals surface area contributed by atoms with Crippen LogP contribution in [0.15, 0.2) is 30.3 Å². The van der Waals surface area contributed by atoms with Crippen molar-refractivity contribution in [3.05, 3.63) is 35.9 Å². The largest absolute Gasteiger partial charge is 0.333 e. The number of hydrogen-bond donors (Lipinski definition) is 2. The Kier molecular flexibility index (Phi) is 13.8. The van der Waals surface area contributed by atoms with Crippen LogP contribution in [-0.4, -0.2) is 14.1 Å². The first-order chi connectivity index (χ1) is 5.39. The van der Waals surface area contributed by atoms with Gasteiger partial charge in [-0.1, -0.05) is 35.9 Å². The molecule has 0 unspecified atom stereocenters. The Morgan fingerprint density at radius 3 is 1.36 bits per heavy atom. The molecule has 0 aliphatic carbocycles. The monoisotopic (exact) mass is 154 g/mol. The normalized spacial score (nSPS) is 6.64. The molecule has 0 radical (unpaired) electrons. The van der Waals surface area contributed by atoms with E-state index in [1.165, 1.54) is 19.7 Å². The van der Waals surface area contributed by atoms with E-state index in [1.807, 2.05) is 18.2 Å². The van der Waals surface area contributed by atoms with E-state index in [0.29, 0.717) is 0 Å². The summed E-state index contributed by atoms with van der Waals surface area (Å²) >= 11 is 0. The van der Waals surface area contributed by atoms with Crippen molar-refractivity contribution in [2.75, 3.05) is 14.1 Å². The van der Waals surface area contributed by atoms with Gasteiger partial charge in [0, 0.05) is 0 Å². The summed E-state index contributed by atoms with van der Waals surface area (Å²) in [5.41, 5.74) is 10.3. The quantitative estimate of drug-likeness (QED) is 0.589. The molecule has 0 bridgehead atoms. The highest BCUT2D eigenvalue weighted by Crippen LogP contribution is 1.92. The Hall–Kier alpha value is -0.860. The summed E-state index contributed by atoms with van der Waals surface area (Å²) in [6.07, 6.45) is 0. The van der Waals surface area contributed by atoms with Crippen molar-refractivity contribution < 1.29 is 0 Å². The molecular weight excluding hydrogens is 136 g/mol. The highest BCUT2D eigenvalue weighted by Gasteiger charge is 1.72. The molecule has 64 valence electrons.